The van der Waals surface area contributed by atoms with Gasteiger partial charge in [0.15, 0.2) is 0 Å². The number of non-ortho nitro benzene ring substituents is 1. The summed E-state index contributed by atoms with van der Waals surface area (Å²) in [6.45, 7) is 0.0441. The van der Waals surface area contributed by atoms with E-state index in [0.717, 1.165) is 11.3 Å². The van der Waals surface area contributed by atoms with Crippen molar-refractivity contribution in [3.8, 4) is 0 Å². The Morgan fingerprint density at radius 2 is 2.43 bits per heavy atom. The van der Waals surface area contributed by atoms with E-state index in [1.807, 2.05) is 0 Å². The molecule has 1 atom stereocenters. The van der Waals surface area contributed by atoms with E-state index in [1.54, 1.807) is 12.1 Å². The molecule has 0 amide bonds. The van der Waals surface area contributed by atoms with Crippen molar-refractivity contribution in [3.05, 3.63) is 33.9 Å². The van der Waals surface area contributed by atoms with E-state index in [9.17, 15) is 10.1 Å². The number of nitrogens with one attached hydrogen (secondary N) is 1. The average molecular weight is 194 g/mol. The molecule has 0 fully saturated rings. The van der Waals surface area contributed by atoms with Gasteiger partial charge in [0.25, 0.3) is 5.69 Å². The zero-order chi connectivity index (χ0) is 10.1. The number of hydrogen-bond donors (Lipinski definition) is 2. The van der Waals surface area contributed by atoms with Gasteiger partial charge in [0.1, 0.15) is 0 Å². The Balaban J connectivity index is 2.31. The van der Waals surface area contributed by atoms with Crippen LogP contribution in [0.5, 0.6) is 0 Å². The zero-order valence-corrected chi connectivity index (χ0v) is 7.43. The standard InChI is InChI=1S/C9H10N2O3/c12-5-7-3-6-4-8(11(13)14)1-2-9(6)10-7/h1-2,4,7,10,12H,3,5H2. The predicted octanol–water partition coefficient (Wildman–Crippen LogP) is 0.924. The van der Waals surface area contributed by atoms with Crippen LogP contribution in [-0.2, 0) is 6.42 Å². The van der Waals surface area contributed by atoms with Crippen molar-refractivity contribution in [1.29, 1.82) is 0 Å². The molecule has 2 N–H and O–H groups in total. The van der Waals surface area contributed by atoms with Gasteiger partial charge in [0, 0.05) is 17.8 Å². The topological polar surface area (TPSA) is 75.4 Å². The van der Waals surface area contributed by atoms with Crippen LogP contribution in [0.3, 0.4) is 0 Å². The van der Waals surface area contributed by atoms with Gasteiger partial charge >= 0.3 is 0 Å². The Hall–Kier alpha value is -1.62. The Morgan fingerprint density at radius 1 is 1.64 bits per heavy atom. The first-order chi connectivity index (χ1) is 6.70. The van der Waals surface area contributed by atoms with Crippen LogP contribution in [0.15, 0.2) is 18.2 Å². The number of benzene rings is 1. The summed E-state index contributed by atoms with van der Waals surface area (Å²) in [5, 5.41) is 22.5. The quantitative estimate of drug-likeness (QED) is 0.542. The molecular formula is C9H10N2O3. The van der Waals surface area contributed by atoms with Gasteiger partial charge in [-0.25, -0.2) is 0 Å². The lowest BCUT2D eigenvalue weighted by molar-refractivity contribution is -0.384. The number of hydrogen-bond acceptors (Lipinski definition) is 4. The Morgan fingerprint density at radius 3 is 3.07 bits per heavy atom. The number of aliphatic hydroxyl groups is 1. The summed E-state index contributed by atoms with van der Waals surface area (Å²) in [6, 6.07) is 4.69. The van der Waals surface area contributed by atoms with Gasteiger partial charge in [0.05, 0.1) is 17.6 Å². The molecule has 1 heterocycles. The lowest BCUT2D eigenvalue weighted by atomic mass is 10.1. The van der Waals surface area contributed by atoms with E-state index in [1.165, 1.54) is 6.07 Å². The first-order valence-electron chi connectivity index (χ1n) is 4.35. The zero-order valence-electron chi connectivity index (χ0n) is 7.43. The minimum atomic E-state index is -0.410. The number of rotatable bonds is 2. The minimum Gasteiger partial charge on any atom is -0.394 e. The van der Waals surface area contributed by atoms with E-state index in [0.29, 0.717) is 6.42 Å². The third-order valence-corrected chi connectivity index (χ3v) is 2.35. The van der Waals surface area contributed by atoms with Crippen molar-refractivity contribution >= 4 is 11.4 Å². The molecule has 5 heteroatoms. The molecule has 0 spiro atoms. The smallest absolute Gasteiger partial charge is 0.269 e. The summed E-state index contributed by atoms with van der Waals surface area (Å²) in [6.07, 6.45) is 0.646. The first kappa shape index (κ1) is 8.96. The van der Waals surface area contributed by atoms with Crippen molar-refractivity contribution in [2.75, 3.05) is 11.9 Å². The van der Waals surface area contributed by atoms with Crippen LogP contribution < -0.4 is 5.32 Å². The second-order valence-electron chi connectivity index (χ2n) is 3.33. The van der Waals surface area contributed by atoms with Crippen molar-refractivity contribution in [2.24, 2.45) is 0 Å². The third-order valence-electron chi connectivity index (χ3n) is 2.35. The van der Waals surface area contributed by atoms with Gasteiger partial charge < -0.3 is 10.4 Å². The molecule has 2 rings (SSSR count). The molecule has 5 nitrogen and oxygen atoms in total. The van der Waals surface area contributed by atoms with Crippen molar-refractivity contribution < 1.29 is 10.0 Å². The average Bonchev–Trinajstić information content (AvgIpc) is 2.58. The van der Waals surface area contributed by atoms with Crippen molar-refractivity contribution in [2.45, 2.75) is 12.5 Å². The van der Waals surface area contributed by atoms with Crippen LogP contribution >= 0.6 is 0 Å². The fourth-order valence-corrected chi connectivity index (χ4v) is 1.65. The monoisotopic (exact) mass is 194 g/mol. The van der Waals surface area contributed by atoms with Crippen LogP contribution in [0, 0.1) is 10.1 Å². The van der Waals surface area contributed by atoms with Crippen LogP contribution in [-0.4, -0.2) is 22.7 Å². The fourth-order valence-electron chi connectivity index (χ4n) is 1.65. The molecule has 0 saturated carbocycles. The molecule has 1 aromatic rings. The molecular weight excluding hydrogens is 184 g/mol. The van der Waals surface area contributed by atoms with Crippen molar-refractivity contribution in [3.63, 3.8) is 0 Å². The third kappa shape index (κ3) is 1.42. The highest BCUT2D eigenvalue weighted by Crippen LogP contribution is 2.28. The number of nitro benzene ring substituents is 1. The van der Waals surface area contributed by atoms with Gasteiger partial charge in [0.2, 0.25) is 0 Å². The molecule has 1 aliphatic rings. The van der Waals surface area contributed by atoms with Gasteiger partial charge in [-0.3, -0.25) is 10.1 Å². The van der Waals surface area contributed by atoms with Crippen LogP contribution in [0.1, 0.15) is 5.56 Å². The highest BCUT2D eigenvalue weighted by atomic mass is 16.6. The van der Waals surface area contributed by atoms with Crippen molar-refractivity contribution in [1.82, 2.24) is 0 Å². The molecule has 14 heavy (non-hydrogen) atoms. The minimum absolute atomic E-state index is 0.00740. The van der Waals surface area contributed by atoms with E-state index >= 15 is 0 Å². The largest absolute Gasteiger partial charge is 0.394 e. The molecule has 0 bridgehead atoms. The summed E-state index contributed by atoms with van der Waals surface area (Å²) in [5.41, 5.74) is 1.89. The molecule has 0 radical (unpaired) electrons. The van der Waals surface area contributed by atoms with Gasteiger partial charge in [-0.15, -0.1) is 0 Å². The lowest BCUT2D eigenvalue weighted by Crippen LogP contribution is -2.19. The van der Waals surface area contributed by atoms with Crippen LogP contribution in [0.2, 0.25) is 0 Å². The SMILES string of the molecule is O=[N+]([O-])c1ccc2c(c1)CC(CO)N2. The summed E-state index contributed by atoms with van der Waals surface area (Å²) in [5.74, 6) is 0. The second-order valence-corrected chi connectivity index (χ2v) is 3.33. The Labute approximate surface area is 80.5 Å². The molecule has 1 aliphatic heterocycles. The summed E-state index contributed by atoms with van der Waals surface area (Å²) in [7, 11) is 0. The number of nitro groups is 1. The number of aliphatic hydroxyl groups excluding tert-OH is 1. The van der Waals surface area contributed by atoms with Gasteiger partial charge in [-0.1, -0.05) is 0 Å². The number of anilines is 1. The first-order valence-corrected chi connectivity index (χ1v) is 4.35. The second kappa shape index (κ2) is 3.26. The fraction of sp³-hybridized carbons (Fsp3) is 0.333. The van der Waals surface area contributed by atoms with Gasteiger partial charge in [-0.05, 0) is 18.1 Å². The van der Waals surface area contributed by atoms with Crippen LogP contribution in [0.25, 0.3) is 0 Å². The molecule has 0 aliphatic carbocycles. The number of fused-ring (bicyclic) bond motifs is 1. The molecule has 1 unspecified atom stereocenters. The normalized spacial score (nSPS) is 18.8. The van der Waals surface area contributed by atoms with Gasteiger partial charge in [-0.2, -0.15) is 0 Å². The maximum atomic E-state index is 10.5. The summed E-state index contributed by atoms with van der Waals surface area (Å²) in [4.78, 5) is 10.1. The highest BCUT2D eigenvalue weighted by Gasteiger charge is 2.21. The Bertz CT molecular complexity index is 378. The maximum Gasteiger partial charge on any atom is 0.269 e. The highest BCUT2D eigenvalue weighted by molar-refractivity contribution is 5.60. The molecule has 74 valence electrons. The lowest BCUT2D eigenvalue weighted by Gasteiger charge is -2.04. The van der Waals surface area contributed by atoms with E-state index in [2.05, 4.69) is 5.32 Å². The number of nitrogens with zero attached hydrogens (tertiary/aromatic N) is 1. The molecule has 0 aromatic heterocycles. The summed E-state index contributed by atoms with van der Waals surface area (Å²) >= 11 is 0. The van der Waals surface area contributed by atoms with E-state index in [4.69, 9.17) is 5.11 Å². The van der Waals surface area contributed by atoms with Crippen LogP contribution in [0.4, 0.5) is 11.4 Å². The molecule has 1 aromatic carbocycles. The molecule has 0 saturated heterocycles. The predicted molar refractivity (Wildman–Crippen MR) is 51.3 cm³/mol. The van der Waals surface area contributed by atoms with E-state index < -0.39 is 4.92 Å². The summed E-state index contributed by atoms with van der Waals surface area (Å²) < 4.78 is 0. The Kier molecular flexibility index (Phi) is 2.09. The maximum absolute atomic E-state index is 10.5. The van der Waals surface area contributed by atoms with E-state index in [-0.39, 0.29) is 18.3 Å².